The summed E-state index contributed by atoms with van der Waals surface area (Å²) in [6.07, 6.45) is 10.9. The van der Waals surface area contributed by atoms with Gasteiger partial charge in [0, 0.05) is 77.9 Å². The number of carboxylic acid groups (broad SMARTS) is 2. The van der Waals surface area contributed by atoms with E-state index >= 15 is 0 Å². The van der Waals surface area contributed by atoms with Crippen molar-refractivity contribution in [3.05, 3.63) is 0 Å². The molecule has 0 aliphatic carbocycles. The third kappa shape index (κ3) is 51.0. The molecule has 0 rings (SSSR count). The highest BCUT2D eigenvalue weighted by Gasteiger charge is 2.05. The van der Waals surface area contributed by atoms with Crippen molar-refractivity contribution in [2.24, 2.45) is 0 Å². The van der Waals surface area contributed by atoms with E-state index in [0.717, 1.165) is 51.4 Å². The summed E-state index contributed by atoms with van der Waals surface area (Å²) in [4.78, 5) is 68.5. The molecule has 0 atom stereocenters. The van der Waals surface area contributed by atoms with Crippen molar-refractivity contribution in [1.29, 1.82) is 0 Å². The van der Waals surface area contributed by atoms with Gasteiger partial charge in [-0.25, -0.2) is 0 Å². The summed E-state index contributed by atoms with van der Waals surface area (Å²) in [5, 5.41) is 28.5. The molecule has 20 heteroatoms. The molecule has 6 N–H and O–H groups in total. The van der Waals surface area contributed by atoms with Gasteiger partial charge in [-0.2, -0.15) is 0 Å². The number of carbonyl (C=O) groups is 6. The molecular formula is C43H80N4O16. The number of nitrogens with one attached hydrogen (secondary N) is 4. The van der Waals surface area contributed by atoms with Gasteiger partial charge >= 0.3 is 11.9 Å². The van der Waals surface area contributed by atoms with E-state index in [-0.39, 0.29) is 62.2 Å². The lowest BCUT2D eigenvalue weighted by molar-refractivity contribution is -0.138. The zero-order chi connectivity index (χ0) is 46.1. The number of rotatable bonds is 50. The number of amides is 4. The van der Waals surface area contributed by atoms with Crippen LogP contribution in [0.25, 0.3) is 0 Å². The van der Waals surface area contributed by atoms with Crippen molar-refractivity contribution in [1.82, 2.24) is 21.3 Å². The first-order chi connectivity index (χ1) is 30.7. The van der Waals surface area contributed by atoms with Crippen molar-refractivity contribution in [2.75, 3.05) is 132 Å². The van der Waals surface area contributed by atoms with Gasteiger partial charge in [-0.05, 0) is 32.1 Å². The van der Waals surface area contributed by atoms with E-state index in [4.69, 9.17) is 48.1 Å². The number of carbonyl (C=O) groups excluding carboxylic acids is 4. The molecule has 0 aromatic rings. The average Bonchev–Trinajstić information content (AvgIpc) is 3.25. The molecule has 0 aromatic carbocycles. The monoisotopic (exact) mass is 909 g/mol. The number of aliphatic carboxylic acids is 2. The SMILES string of the molecule is O=C(O)CCCCCCCNC(=O)CCOCCOCCOCCNC(=O)CCOCCCOCCC(=O)NCCOCCOCCOCCC(=O)NCCCCCCCC(=O)O. The van der Waals surface area contributed by atoms with Crippen LogP contribution >= 0.6 is 0 Å². The third-order valence-corrected chi connectivity index (χ3v) is 8.88. The lowest BCUT2D eigenvalue weighted by Gasteiger charge is -2.09. The first kappa shape index (κ1) is 59.5. The molecule has 0 aliphatic heterocycles. The van der Waals surface area contributed by atoms with Crippen molar-refractivity contribution < 1.29 is 76.9 Å². The number of ether oxygens (including phenoxy) is 8. The minimum Gasteiger partial charge on any atom is -0.481 e. The van der Waals surface area contributed by atoms with E-state index in [2.05, 4.69) is 21.3 Å². The summed E-state index contributed by atoms with van der Waals surface area (Å²) in [5.41, 5.74) is 0. The molecule has 20 nitrogen and oxygen atoms in total. The van der Waals surface area contributed by atoms with Crippen molar-refractivity contribution in [2.45, 2.75) is 109 Å². The molecule has 0 heterocycles. The maximum atomic E-state index is 12.0. The van der Waals surface area contributed by atoms with Gasteiger partial charge < -0.3 is 69.4 Å². The molecule has 0 aromatic heterocycles. The Balaban J connectivity index is 3.32. The van der Waals surface area contributed by atoms with E-state index in [1.807, 2.05) is 0 Å². The molecule has 4 amide bonds. The second-order valence-electron chi connectivity index (χ2n) is 14.5. The van der Waals surface area contributed by atoms with Crippen LogP contribution in [0.2, 0.25) is 0 Å². The van der Waals surface area contributed by atoms with Gasteiger partial charge in [-0.3, -0.25) is 28.8 Å². The molecule has 63 heavy (non-hydrogen) atoms. The zero-order valence-electron chi connectivity index (χ0n) is 37.8. The van der Waals surface area contributed by atoms with Crippen molar-refractivity contribution >= 4 is 35.6 Å². The van der Waals surface area contributed by atoms with Crippen LogP contribution in [0.4, 0.5) is 0 Å². The molecule has 0 unspecified atom stereocenters. The predicted octanol–water partition coefficient (Wildman–Crippen LogP) is 2.38. The summed E-state index contributed by atoms with van der Waals surface area (Å²) in [6, 6.07) is 0. The van der Waals surface area contributed by atoms with Crippen molar-refractivity contribution in [3.8, 4) is 0 Å². The van der Waals surface area contributed by atoms with Crippen LogP contribution < -0.4 is 21.3 Å². The van der Waals surface area contributed by atoms with Crippen LogP contribution in [0.15, 0.2) is 0 Å². The molecule has 0 spiro atoms. The van der Waals surface area contributed by atoms with E-state index < -0.39 is 11.9 Å². The molecule has 0 fully saturated rings. The summed E-state index contributed by atoms with van der Waals surface area (Å²) < 4.78 is 43.6. The minimum absolute atomic E-state index is 0.0562. The number of unbranched alkanes of at least 4 members (excludes halogenated alkanes) is 8. The Morgan fingerprint density at radius 2 is 0.508 bits per heavy atom. The highest BCUT2D eigenvalue weighted by atomic mass is 16.5. The van der Waals surface area contributed by atoms with Crippen LogP contribution in [0.1, 0.15) is 109 Å². The maximum Gasteiger partial charge on any atom is 0.303 e. The first-order valence-electron chi connectivity index (χ1n) is 22.8. The Hall–Kier alpha value is -3.50. The Morgan fingerprint density at radius 3 is 0.841 bits per heavy atom. The minimum atomic E-state index is -0.761. The topological polar surface area (TPSA) is 265 Å². The summed E-state index contributed by atoms with van der Waals surface area (Å²) >= 11 is 0. The number of hydrogen-bond acceptors (Lipinski definition) is 14. The first-order valence-corrected chi connectivity index (χ1v) is 22.8. The smallest absolute Gasteiger partial charge is 0.303 e. The van der Waals surface area contributed by atoms with Gasteiger partial charge in [0.25, 0.3) is 0 Å². The predicted molar refractivity (Wildman–Crippen MR) is 232 cm³/mol. The summed E-state index contributed by atoms with van der Waals surface area (Å²) in [5.74, 6) is -1.89. The lowest BCUT2D eigenvalue weighted by atomic mass is 10.1. The molecule has 0 saturated carbocycles. The third-order valence-electron chi connectivity index (χ3n) is 8.88. The highest BCUT2D eigenvalue weighted by molar-refractivity contribution is 5.77. The Bertz CT molecular complexity index is 1050. The summed E-state index contributed by atoms with van der Waals surface area (Å²) in [7, 11) is 0. The fraction of sp³-hybridized carbons (Fsp3) is 0.860. The molecular weight excluding hydrogens is 828 g/mol. The standard InChI is InChI=1S/C43H80N4O16/c48-38(44-18-9-5-1-3-7-12-42(52)53)16-26-58-30-34-62-36-32-60-28-20-46-40(50)14-24-56-22-11-23-57-25-15-41(51)47-21-29-61-33-37-63-35-31-59-27-17-39(49)45-19-10-6-2-4-8-13-43(54)55/h1-37H2,(H,44,48)(H,45,49)(H,46,50)(H,47,51)(H,52,53)(H,54,55). The maximum absolute atomic E-state index is 12.0. The lowest BCUT2D eigenvalue weighted by Crippen LogP contribution is -2.28. The van der Waals surface area contributed by atoms with Crippen LogP contribution in [0.5, 0.6) is 0 Å². The number of hydrogen-bond donors (Lipinski definition) is 6. The zero-order valence-corrected chi connectivity index (χ0v) is 37.8. The second kappa shape index (κ2) is 48.0. The molecule has 0 saturated heterocycles. The van der Waals surface area contributed by atoms with Crippen molar-refractivity contribution in [3.63, 3.8) is 0 Å². The molecule has 0 aliphatic rings. The van der Waals surface area contributed by atoms with Crippen LogP contribution in [-0.4, -0.2) is 178 Å². The Morgan fingerprint density at radius 1 is 0.254 bits per heavy atom. The highest BCUT2D eigenvalue weighted by Crippen LogP contribution is 2.06. The van der Waals surface area contributed by atoms with Gasteiger partial charge in [0.2, 0.25) is 23.6 Å². The molecule has 368 valence electrons. The molecule has 0 radical (unpaired) electrons. The van der Waals surface area contributed by atoms with Crippen LogP contribution in [-0.2, 0) is 66.7 Å². The van der Waals surface area contributed by atoms with Crippen LogP contribution in [0.3, 0.4) is 0 Å². The largest absolute Gasteiger partial charge is 0.481 e. The van der Waals surface area contributed by atoms with E-state index in [0.29, 0.717) is 151 Å². The van der Waals surface area contributed by atoms with E-state index in [9.17, 15) is 28.8 Å². The van der Waals surface area contributed by atoms with Gasteiger partial charge in [0.1, 0.15) is 0 Å². The van der Waals surface area contributed by atoms with E-state index in [1.165, 1.54) is 0 Å². The quantitative estimate of drug-likeness (QED) is 0.0479. The average molecular weight is 909 g/mol. The number of carboxylic acids is 2. The van der Waals surface area contributed by atoms with Gasteiger partial charge in [-0.1, -0.05) is 38.5 Å². The fourth-order valence-electron chi connectivity index (χ4n) is 5.41. The second-order valence-corrected chi connectivity index (χ2v) is 14.5. The fourth-order valence-corrected chi connectivity index (χ4v) is 5.41. The van der Waals surface area contributed by atoms with Gasteiger partial charge in [0.05, 0.1) is 92.5 Å². The van der Waals surface area contributed by atoms with Crippen LogP contribution in [0, 0.1) is 0 Å². The van der Waals surface area contributed by atoms with Gasteiger partial charge in [-0.15, -0.1) is 0 Å². The van der Waals surface area contributed by atoms with Gasteiger partial charge in [0.15, 0.2) is 0 Å². The van der Waals surface area contributed by atoms with E-state index in [1.54, 1.807) is 0 Å². The Labute approximate surface area is 374 Å². The summed E-state index contributed by atoms with van der Waals surface area (Å²) in [6.45, 7) is 7.90. The molecule has 0 bridgehead atoms. The Kier molecular flexibility index (Phi) is 45.3. The normalized spacial score (nSPS) is 11.0.